The Morgan fingerprint density at radius 2 is 2.00 bits per heavy atom. The Morgan fingerprint density at radius 1 is 1.27 bits per heavy atom. The molecule has 0 bridgehead atoms. The molecular formula is C26H28N4O3. The summed E-state index contributed by atoms with van der Waals surface area (Å²) in [6.45, 7) is 5.62. The van der Waals surface area contributed by atoms with E-state index in [-0.39, 0.29) is 17.7 Å². The molecule has 0 aliphatic carbocycles. The van der Waals surface area contributed by atoms with E-state index in [1.165, 1.54) is 0 Å². The lowest BCUT2D eigenvalue weighted by molar-refractivity contribution is 0.0698. The molecule has 2 N–H and O–H groups in total. The number of piperidine rings is 1. The van der Waals surface area contributed by atoms with Gasteiger partial charge in [0.2, 0.25) is 0 Å². The Hall–Kier alpha value is -3.63. The molecule has 3 aromatic rings. The molecule has 1 atom stereocenters. The number of methoxy groups -OCH3 is 1. The Balaban J connectivity index is 1.76. The first-order valence-electron chi connectivity index (χ1n) is 11.1. The zero-order valence-corrected chi connectivity index (χ0v) is 19.1. The van der Waals surface area contributed by atoms with Crippen molar-refractivity contribution in [3.63, 3.8) is 0 Å². The van der Waals surface area contributed by atoms with E-state index in [1.807, 2.05) is 32.0 Å². The number of benzene rings is 2. The van der Waals surface area contributed by atoms with Crippen LogP contribution in [0, 0.1) is 18.3 Å². The maximum atomic E-state index is 11.7. The van der Waals surface area contributed by atoms with Gasteiger partial charge in [-0.3, -0.25) is 0 Å². The van der Waals surface area contributed by atoms with E-state index in [0.29, 0.717) is 11.3 Å². The molecule has 1 aliphatic heterocycles. The summed E-state index contributed by atoms with van der Waals surface area (Å²) in [7, 11) is 1.74. The number of carboxylic acid groups (broad SMARTS) is 1. The van der Waals surface area contributed by atoms with Crippen molar-refractivity contribution in [1.82, 2.24) is 4.98 Å². The van der Waals surface area contributed by atoms with Crippen molar-refractivity contribution in [1.29, 1.82) is 5.26 Å². The number of carbonyl (C=O) groups is 1. The number of aromatic carboxylic acids is 1. The zero-order valence-electron chi connectivity index (χ0n) is 19.1. The molecular weight excluding hydrogens is 416 g/mol. The number of rotatable bonds is 6. The van der Waals surface area contributed by atoms with Gasteiger partial charge in [0.15, 0.2) is 0 Å². The van der Waals surface area contributed by atoms with E-state index in [0.717, 1.165) is 53.8 Å². The second kappa shape index (κ2) is 9.47. The van der Waals surface area contributed by atoms with E-state index >= 15 is 0 Å². The van der Waals surface area contributed by atoms with Crippen LogP contribution in [0.1, 0.15) is 52.9 Å². The number of fused-ring (bicyclic) bond motifs is 1. The van der Waals surface area contributed by atoms with Crippen molar-refractivity contribution >= 4 is 28.4 Å². The Morgan fingerprint density at radius 3 is 2.67 bits per heavy atom. The molecule has 0 amide bonds. The average molecular weight is 445 g/mol. The normalized spacial score (nSPS) is 15.3. The number of anilines is 2. The first kappa shape index (κ1) is 22.6. The summed E-state index contributed by atoms with van der Waals surface area (Å²) in [6, 6.07) is 14.9. The molecule has 4 rings (SSSR count). The van der Waals surface area contributed by atoms with Crippen LogP contribution in [0.5, 0.6) is 0 Å². The predicted octanol–water partition coefficient (Wildman–Crippen LogP) is 4.90. The minimum atomic E-state index is -0.981. The number of nitrogens with zero attached hydrogens (tertiary/aromatic N) is 3. The molecule has 1 fully saturated rings. The van der Waals surface area contributed by atoms with Crippen molar-refractivity contribution in [2.45, 2.75) is 38.8 Å². The molecule has 2 aromatic carbocycles. The van der Waals surface area contributed by atoms with E-state index in [2.05, 4.69) is 22.4 Å². The van der Waals surface area contributed by atoms with Gasteiger partial charge in [0, 0.05) is 36.8 Å². The van der Waals surface area contributed by atoms with Crippen LogP contribution < -0.4 is 10.2 Å². The van der Waals surface area contributed by atoms with Gasteiger partial charge in [0.1, 0.15) is 5.82 Å². The molecule has 1 aromatic heterocycles. The van der Waals surface area contributed by atoms with Gasteiger partial charge in [0.25, 0.3) is 0 Å². The quantitative estimate of drug-likeness (QED) is 0.558. The highest BCUT2D eigenvalue weighted by atomic mass is 16.5. The number of nitriles is 1. The Bertz CT molecular complexity index is 1230. The second-order valence-corrected chi connectivity index (χ2v) is 8.53. The van der Waals surface area contributed by atoms with Crippen LogP contribution >= 0.6 is 0 Å². The van der Waals surface area contributed by atoms with Gasteiger partial charge in [-0.15, -0.1) is 0 Å². The number of hydrogen-bond donors (Lipinski definition) is 2. The lowest BCUT2D eigenvalue weighted by Gasteiger charge is -2.32. The standard InChI is InChI=1S/C26H28N4O3/c1-16-12-21(17(2)28-23-7-5-4-6-20(23)26(31)32)25-22(13-16)18(15-27)14-24(29-25)30-10-8-19(33-3)9-11-30/h4-7,12-14,17,19,28H,8-11H2,1-3H3,(H,31,32). The summed E-state index contributed by atoms with van der Waals surface area (Å²) in [6.07, 6.45) is 2.10. The minimum Gasteiger partial charge on any atom is -0.478 e. The molecule has 1 saturated heterocycles. The van der Waals surface area contributed by atoms with Crippen LogP contribution in [0.2, 0.25) is 0 Å². The van der Waals surface area contributed by atoms with Gasteiger partial charge in [-0.2, -0.15) is 5.26 Å². The van der Waals surface area contributed by atoms with E-state index in [1.54, 1.807) is 25.3 Å². The third-order valence-electron chi connectivity index (χ3n) is 6.29. The van der Waals surface area contributed by atoms with Crippen LogP contribution in [0.3, 0.4) is 0 Å². The van der Waals surface area contributed by atoms with E-state index in [9.17, 15) is 15.2 Å². The molecule has 2 heterocycles. The Labute approximate surface area is 193 Å². The van der Waals surface area contributed by atoms with Gasteiger partial charge in [-0.05, 0) is 56.5 Å². The van der Waals surface area contributed by atoms with Gasteiger partial charge in [-0.1, -0.05) is 18.2 Å². The average Bonchev–Trinajstić information content (AvgIpc) is 2.83. The topological polar surface area (TPSA) is 98.5 Å². The monoisotopic (exact) mass is 444 g/mol. The summed E-state index contributed by atoms with van der Waals surface area (Å²) < 4.78 is 5.49. The lowest BCUT2D eigenvalue weighted by atomic mass is 9.97. The number of hydrogen-bond acceptors (Lipinski definition) is 6. The van der Waals surface area contributed by atoms with Gasteiger partial charge in [-0.25, -0.2) is 9.78 Å². The Kier molecular flexibility index (Phi) is 6.47. The molecule has 33 heavy (non-hydrogen) atoms. The number of aryl methyl sites for hydroxylation is 1. The fourth-order valence-corrected chi connectivity index (χ4v) is 4.50. The van der Waals surface area contributed by atoms with Crippen molar-refractivity contribution in [3.8, 4) is 6.07 Å². The largest absolute Gasteiger partial charge is 0.478 e. The number of carboxylic acids is 1. The van der Waals surface area contributed by atoms with Crippen LogP contribution in [-0.2, 0) is 4.74 Å². The van der Waals surface area contributed by atoms with Gasteiger partial charge < -0.3 is 20.1 Å². The summed E-state index contributed by atoms with van der Waals surface area (Å²) in [4.78, 5) is 18.9. The van der Waals surface area contributed by atoms with Crippen LogP contribution in [-0.4, -0.2) is 42.4 Å². The number of ether oxygens (including phenoxy) is 1. The number of aromatic nitrogens is 1. The number of para-hydroxylation sites is 1. The fraction of sp³-hybridized carbons (Fsp3) is 0.346. The molecule has 170 valence electrons. The van der Waals surface area contributed by atoms with Crippen LogP contribution in [0.4, 0.5) is 11.5 Å². The van der Waals surface area contributed by atoms with Crippen molar-refractivity contribution in [3.05, 3.63) is 64.7 Å². The molecule has 1 aliphatic rings. The zero-order chi connectivity index (χ0) is 23.5. The number of nitrogens with one attached hydrogen (secondary N) is 1. The fourth-order valence-electron chi connectivity index (χ4n) is 4.50. The molecule has 0 saturated carbocycles. The van der Waals surface area contributed by atoms with Crippen molar-refractivity contribution in [2.75, 3.05) is 30.4 Å². The molecule has 7 nitrogen and oxygen atoms in total. The van der Waals surface area contributed by atoms with Crippen molar-refractivity contribution in [2.24, 2.45) is 0 Å². The van der Waals surface area contributed by atoms with Crippen LogP contribution in [0.15, 0.2) is 42.5 Å². The van der Waals surface area contributed by atoms with Gasteiger partial charge in [0.05, 0.1) is 34.9 Å². The van der Waals surface area contributed by atoms with Crippen molar-refractivity contribution < 1.29 is 14.6 Å². The van der Waals surface area contributed by atoms with Gasteiger partial charge >= 0.3 is 5.97 Å². The molecule has 1 unspecified atom stereocenters. The third-order valence-corrected chi connectivity index (χ3v) is 6.29. The highest BCUT2D eigenvalue weighted by Crippen LogP contribution is 2.33. The first-order valence-corrected chi connectivity index (χ1v) is 11.1. The maximum Gasteiger partial charge on any atom is 0.337 e. The molecule has 7 heteroatoms. The van der Waals surface area contributed by atoms with Crippen LogP contribution in [0.25, 0.3) is 10.9 Å². The third kappa shape index (κ3) is 4.62. The van der Waals surface area contributed by atoms with E-state index < -0.39 is 5.97 Å². The summed E-state index contributed by atoms with van der Waals surface area (Å²) >= 11 is 0. The minimum absolute atomic E-state index is 0.216. The highest BCUT2D eigenvalue weighted by molar-refractivity contribution is 5.94. The SMILES string of the molecule is COC1CCN(c2cc(C#N)c3cc(C)cc(C(C)Nc4ccccc4C(=O)O)c3n2)CC1. The summed E-state index contributed by atoms with van der Waals surface area (Å²) in [5.41, 5.74) is 4.06. The number of pyridine rings is 1. The van der Waals surface area contributed by atoms with E-state index in [4.69, 9.17) is 9.72 Å². The summed E-state index contributed by atoms with van der Waals surface area (Å²) in [5, 5.41) is 23.6. The smallest absolute Gasteiger partial charge is 0.337 e. The predicted molar refractivity (Wildman–Crippen MR) is 129 cm³/mol. The molecule has 0 radical (unpaired) electrons. The lowest BCUT2D eigenvalue weighted by Crippen LogP contribution is -2.37. The first-order chi connectivity index (χ1) is 15.9. The second-order valence-electron chi connectivity index (χ2n) is 8.53. The summed E-state index contributed by atoms with van der Waals surface area (Å²) in [5.74, 6) is -0.192. The maximum absolute atomic E-state index is 11.7. The molecule has 0 spiro atoms. The highest BCUT2D eigenvalue weighted by Gasteiger charge is 2.22.